The van der Waals surface area contributed by atoms with Gasteiger partial charge in [0.05, 0.1) is 0 Å². The topological polar surface area (TPSA) is 47.0 Å². The van der Waals surface area contributed by atoms with Crippen LogP contribution in [0.15, 0.2) is 24.3 Å². The molecule has 6 heteroatoms. The van der Waals surface area contributed by atoms with E-state index in [0.29, 0.717) is 29.1 Å². The fourth-order valence-electron chi connectivity index (χ4n) is 1.65. The molecule has 1 heterocycles. The van der Waals surface area contributed by atoms with Gasteiger partial charge in [-0.05, 0) is 31.5 Å². The van der Waals surface area contributed by atoms with E-state index in [-0.39, 0.29) is 12.4 Å². The predicted octanol–water partition coefficient (Wildman–Crippen LogP) is 3.86. The molecule has 106 valence electrons. The van der Waals surface area contributed by atoms with Crippen molar-refractivity contribution in [2.24, 2.45) is 0 Å². The van der Waals surface area contributed by atoms with Crippen LogP contribution < -0.4 is 5.32 Å². The van der Waals surface area contributed by atoms with Crippen LogP contribution in [-0.4, -0.2) is 16.6 Å². The minimum atomic E-state index is -0.312. The first kappa shape index (κ1) is 14.7. The van der Waals surface area contributed by atoms with Crippen molar-refractivity contribution < 1.29 is 9.13 Å². The highest BCUT2D eigenvalue weighted by molar-refractivity contribution is 6.29. The summed E-state index contributed by atoms with van der Waals surface area (Å²) in [5.74, 6) is 0.678. The fraction of sp³-hybridized carbons (Fsp3) is 0.286. The molecule has 0 aliphatic heterocycles. The molecule has 0 unspecified atom stereocenters. The number of aryl methyl sites for hydroxylation is 1. The zero-order valence-electron chi connectivity index (χ0n) is 11.3. The van der Waals surface area contributed by atoms with Gasteiger partial charge in [0, 0.05) is 18.4 Å². The van der Waals surface area contributed by atoms with E-state index >= 15 is 0 Å². The molecule has 0 radical (unpaired) electrons. The van der Waals surface area contributed by atoms with E-state index in [1.807, 2.05) is 13.8 Å². The summed E-state index contributed by atoms with van der Waals surface area (Å²) in [5, 5.41) is 3.35. The molecule has 4 nitrogen and oxygen atoms in total. The van der Waals surface area contributed by atoms with Crippen LogP contribution in [0.1, 0.15) is 18.3 Å². The van der Waals surface area contributed by atoms with E-state index < -0.39 is 0 Å². The van der Waals surface area contributed by atoms with E-state index in [1.54, 1.807) is 12.1 Å². The second kappa shape index (κ2) is 6.63. The molecule has 0 bridgehead atoms. The predicted molar refractivity (Wildman–Crippen MR) is 76.8 cm³/mol. The summed E-state index contributed by atoms with van der Waals surface area (Å²) in [7, 11) is 0. The van der Waals surface area contributed by atoms with Crippen LogP contribution in [0.25, 0.3) is 0 Å². The van der Waals surface area contributed by atoms with Gasteiger partial charge in [0.2, 0.25) is 0 Å². The minimum absolute atomic E-state index is 0.286. The van der Waals surface area contributed by atoms with Crippen molar-refractivity contribution in [2.45, 2.75) is 20.5 Å². The lowest BCUT2D eigenvalue weighted by Crippen LogP contribution is -2.03. The van der Waals surface area contributed by atoms with Crippen LogP contribution >= 0.6 is 11.6 Å². The average molecular weight is 296 g/mol. The smallest absolute Gasteiger partial charge is 0.158 e. The highest BCUT2D eigenvalue weighted by Gasteiger charge is 2.06. The van der Waals surface area contributed by atoms with E-state index in [1.165, 1.54) is 12.1 Å². The van der Waals surface area contributed by atoms with Crippen LogP contribution in [-0.2, 0) is 11.3 Å². The summed E-state index contributed by atoms with van der Waals surface area (Å²) in [4.78, 5) is 8.35. The van der Waals surface area contributed by atoms with Crippen molar-refractivity contribution in [3.63, 3.8) is 0 Å². The quantitative estimate of drug-likeness (QED) is 0.851. The summed E-state index contributed by atoms with van der Waals surface area (Å²) < 4.78 is 18.5. The Kier molecular flexibility index (Phi) is 4.87. The Labute approximate surface area is 122 Å². The number of nitrogens with zero attached hydrogens (tertiary/aromatic N) is 2. The van der Waals surface area contributed by atoms with Gasteiger partial charge in [-0.25, -0.2) is 14.4 Å². The maximum absolute atomic E-state index is 13.3. The largest absolute Gasteiger partial charge is 0.374 e. The van der Waals surface area contributed by atoms with Crippen LogP contribution in [0.5, 0.6) is 0 Å². The molecule has 0 aliphatic carbocycles. The first-order valence-electron chi connectivity index (χ1n) is 6.23. The van der Waals surface area contributed by atoms with Gasteiger partial charge in [0.1, 0.15) is 23.4 Å². The first-order chi connectivity index (χ1) is 9.58. The molecule has 0 aliphatic rings. The van der Waals surface area contributed by atoms with Gasteiger partial charge in [0.15, 0.2) is 5.82 Å². The first-order valence-corrected chi connectivity index (χ1v) is 6.60. The molecule has 0 fully saturated rings. The lowest BCUT2D eigenvalue weighted by atomic mass is 10.2. The van der Waals surface area contributed by atoms with Gasteiger partial charge in [0.25, 0.3) is 0 Å². The van der Waals surface area contributed by atoms with Gasteiger partial charge in [-0.2, -0.15) is 0 Å². The molecular formula is C14H15ClFN3O. The number of aromatic nitrogens is 2. The summed E-state index contributed by atoms with van der Waals surface area (Å²) in [5.41, 5.74) is 1.55. The molecule has 1 N–H and O–H groups in total. The second-order valence-electron chi connectivity index (χ2n) is 4.21. The zero-order chi connectivity index (χ0) is 14.5. The van der Waals surface area contributed by atoms with E-state index in [4.69, 9.17) is 16.3 Å². The standard InChI is InChI=1S/C14H15ClFN3O/c1-3-20-8-14-18-12(15)7-13(19-14)17-11-6-10(16)5-4-9(11)2/h4-7H,3,8H2,1-2H3,(H,17,18,19). The number of ether oxygens (including phenoxy) is 1. The molecule has 2 rings (SSSR count). The number of rotatable bonds is 5. The third-order valence-electron chi connectivity index (χ3n) is 2.64. The Morgan fingerprint density at radius 1 is 1.30 bits per heavy atom. The molecule has 0 saturated heterocycles. The molecule has 0 atom stereocenters. The van der Waals surface area contributed by atoms with Crippen LogP contribution in [0.2, 0.25) is 5.15 Å². The average Bonchev–Trinajstić information content (AvgIpc) is 2.40. The third kappa shape index (κ3) is 3.88. The van der Waals surface area contributed by atoms with Crippen LogP contribution in [0, 0.1) is 12.7 Å². The Bertz CT molecular complexity index is 607. The lowest BCUT2D eigenvalue weighted by Gasteiger charge is -2.10. The van der Waals surface area contributed by atoms with Crippen molar-refractivity contribution in [3.8, 4) is 0 Å². The van der Waals surface area contributed by atoms with E-state index in [9.17, 15) is 4.39 Å². The Hall–Kier alpha value is -1.72. The van der Waals surface area contributed by atoms with Gasteiger partial charge < -0.3 is 10.1 Å². The van der Waals surface area contributed by atoms with E-state index in [0.717, 1.165) is 5.56 Å². The number of halogens is 2. The summed E-state index contributed by atoms with van der Waals surface area (Å²) in [6.45, 7) is 4.63. The molecule has 0 saturated carbocycles. The molecule has 20 heavy (non-hydrogen) atoms. The van der Waals surface area contributed by atoms with Crippen molar-refractivity contribution in [1.29, 1.82) is 0 Å². The lowest BCUT2D eigenvalue weighted by molar-refractivity contribution is 0.128. The summed E-state index contributed by atoms with van der Waals surface area (Å²) in [6.07, 6.45) is 0. The summed E-state index contributed by atoms with van der Waals surface area (Å²) in [6, 6.07) is 6.10. The molecule has 2 aromatic rings. The Morgan fingerprint density at radius 2 is 2.10 bits per heavy atom. The van der Waals surface area contributed by atoms with Crippen molar-refractivity contribution in [1.82, 2.24) is 9.97 Å². The second-order valence-corrected chi connectivity index (χ2v) is 4.60. The van der Waals surface area contributed by atoms with Gasteiger partial charge in [-0.1, -0.05) is 17.7 Å². The van der Waals surface area contributed by atoms with Gasteiger partial charge in [-0.15, -0.1) is 0 Å². The number of benzene rings is 1. The summed E-state index contributed by atoms with van der Waals surface area (Å²) >= 11 is 5.95. The Morgan fingerprint density at radius 3 is 2.85 bits per heavy atom. The fourth-order valence-corrected chi connectivity index (χ4v) is 1.85. The Balaban J connectivity index is 2.24. The van der Waals surface area contributed by atoms with Crippen LogP contribution in [0.3, 0.4) is 0 Å². The normalized spacial score (nSPS) is 10.6. The molecule has 1 aromatic carbocycles. The monoisotopic (exact) mass is 295 g/mol. The van der Waals surface area contributed by atoms with Crippen LogP contribution in [0.4, 0.5) is 15.9 Å². The number of hydrogen-bond acceptors (Lipinski definition) is 4. The van der Waals surface area contributed by atoms with Crippen molar-refractivity contribution in [2.75, 3.05) is 11.9 Å². The number of anilines is 2. The maximum atomic E-state index is 13.3. The molecule has 0 amide bonds. The number of nitrogens with one attached hydrogen (secondary N) is 1. The minimum Gasteiger partial charge on any atom is -0.374 e. The maximum Gasteiger partial charge on any atom is 0.158 e. The van der Waals surface area contributed by atoms with Gasteiger partial charge in [-0.3, -0.25) is 0 Å². The highest BCUT2D eigenvalue weighted by Crippen LogP contribution is 2.22. The van der Waals surface area contributed by atoms with Gasteiger partial charge >= 0.3 is 0 Å². The SMILES string of the molecule is CCOCc1nc(Cl)cc(Nc2cc(F)ccc2C)n1. The third-order valence-corrected chi connectivity index (χ3v) is 2.83. The van der Waals surface area contributed by atoms with Crippen molar-refractivity contribution >= 4 is 23.1 Å². The number of hydrogen-bond donors (Lipinski definition) is 1. The molecular weight excluding hydrogens is 281 g/mol. The molecule has 1 aromatic heterocycles. The zero-order valence-corrected chi connectivity index (χ0v) is 12.0. The highest BCUT2D eigenvalue weighted by atomic mass is 35.5. The van der Waals surface area contributed by atoms with E-state index in [2.05, 4.69) is 15.3 Å². The molecule has 0 spiro atoms. The van der Waals surface area contributed by atoms with Crippen molar-refractivity contribution in [3.05, 3.63) is 46.6 Å².